The Labute approximate surface area is 221 Å². The standard InChI is InChI=1S/C26H31BrN4O4S/c1-3-29-36(32,33)22-7-5-6-19(14-22)15-24-23(27)18-28-26(30-24)16-20-8-9-21(17-25(20)35-4-2)31-10-12-34-13-11-31/h5-9,14,17-18,29H,3-4,10-13,15-16H2,1-2H3. The summed E-state index contributed by atoms with van der Waals surface area (Å²) in [6.45, 7) is 7.82. The van der Waals surface area contributed by atoms with Crippen molar-refractivity contribution in [3.63, 3.8) is 0 Å². The van der Waals surface area contributed by atoms with Gasteiger partial charge in [-0.1, -0.05) is 25.1 Å². The highest BCUT2D eigenvalue weighted by Gasteiger charge is 2.17. The second-order valence-corrected chi connectivity index (χ2v) is 11.0. The number of morpholine rings is 1. The van der Waals surface area contributed by atoms with Gasteiger partial charge in [0, 0.05) is 56.0 Å². The summed E-state index contributed by atoms with van der Waals surface area (Å²) in [6.07, 6.45) is 2.74. The highest BCUT2D eigenvalue weighted by atomic mass is 79.9. The average Bonchev–Trinajstić information content (AvgIpc) is 2.88. The van der Waals surface area contributed by atoms with E-state index in [1.54, 1.807) is 31.3 Å². The number of aromatic nitrogens is 2. The van der Waals surface area contributed by atoms with E-state index in [1.807, 2.05) is 13.0 Å². The lowest BCUT2D eigenvalue weighted by molar-refractivity contribution is 0.122. The van der Waals surface area contributed by atoms with Gasteiger partial charge in [-0.2, -0.15) is 0 Å². The molecule has 0 saturated carbocycles. The Morgan fingerprint density at radius 2 is 1.92 bits per heavy atom. The van der Waals surface area contributed by atoms with Crippen LogP contribution in [0.25, 0.3) is 0 Å². The molecule has 1 N–H and O–H groups in total. The molecule has 1 saturated heterocycles. The van der Waals surface area contributed by atoms with Gasteiger partial charge in [0.05, 0.1) is 34.9 Å². The van der Waals surface area contributed by atoms with Gasteiger partial charge in [-0.15, -0.1) is 0 Å². The molecule has 0 bridgehead atoms. The summed E-state index contributed by atoms with van der Waals surface area (Å²) in [6, 6.07) is 13.2. The van der Waals surface area contributed by atoms with Crippen molar-refractivity contribution in [1.29, 1.82) is 0 Å². The number of anilines is 1. The SMILES string of the molecule is CCNS(=O)(=O)c1cccc(Cc2nc(Cc3ccc(N4CCOCC4)cc3OCC)ncc2Br)c1. The third kappa shape index (κ3) is 6.61. The van der Waals surface area contributed by atoms with E-state index >= 15 is 0 Å². The van der Waals surface area contributed by atoms with E-state index in [4.69, 9.17) is 14.5 Å². The first-order chi connectivity index (χ1) is 17.4. The summed E-state index contributed by atoms with van der Waals surface area (Å²) in [5.41, 5.74) is 3.78. The number of ether oxygens (including phenoxy) is 2. The number of hydrogen-bond acceptors (Lipinski definition) is 7. The molecule has 2 aromatic carbocycles. The predicted molar refractivity (Wildman–Crippen MR) is 143 cm³/mol. The van der Waals surface area contributed by atoms with Crippen LogP contribution in [0.5, 0.6) is 5.75 Å². The third-order valence-corrected chi connectivity index (χ3v) is 8.06. The summed E-state index contributed by atoms with van der Waals surface area (Å²) >= 11 is 3.55. The zero-order valence-corrected chi connectivity index (χ0v) is 22.9. The Bertz CT molecular complexity index is 1300. The average molecular weight is 576 g/mol. The first-order valence-electron chi connectivity index (χ1n) is 12.1. The molecule has 1 fully saturated rings. The van der Waals surface area contributed by atoms with Crippen LogP contribution in [0.2, 0.25) is 0 Å². The molecule has 2 heterocycles. The van der Waals surface area contributed by atoms with Crippen LogP contribution in [0.4, 0.5) is 5.69 Å². The van der Waals surface area contributed by atoms with Crippen molar-refractivity contribution in [3.05, 3.63) is 75.8 Å². The minimum Gasteiger partial charge on any atom is -0.494 e. The lowest BCUT2D eigenvalue weighted by Crippen LogP contribution is -2.36. The van der Waals surface area contributed by atoms with Crippen LogP contribution in [0, 0.1) is 0 Å². The van der Waals surface area contributed by atoms with Crippen molar-refractivity contribution in [1.82, 2.24) is 14.7 Å². The van der Waals surface area contributed by atoms with Crippen molar-refractivity contribution in [2.75, 3.05) is 44.4 Å². The minimum atomic E-state index is -3.52. The number of nitrogens with one attached hydrogen (secondary N) is 1. The van der Waals surface area contributed by atoms with Crippen molar-refractivity contribution >= 4 is 31.6 Å². The van der Waals surface area contributed by atoms with Gasteiger partial charge in [0.2, 0.25) is 10.0 Å². The van der Waals surface area contributed by atoms with Crippen LogP contribution in [0.15, 0.2) is 58.0 Å². The van der Waals surface area contributed by atoms with E-state index in [0.717, 1.165) is 59.0 Å². The van der Waals surface area contributed by atoms with Gasteiger partial charge >= 0.3 is 0 Å². The van der Waals surface area contributed by atoms with Crippen molar-refractivity contribution in [3.8, 4) is 5.75 Å². The van der Waals surface area contributed by atoms with E-state index in [-0.39, 0.29) is 4.90 Å². The molecule has 0 amide bonds. The first kappa shape index (κ1) is 26.5. The fourth-order valence-electron chi connectivity index (χ4n) is 4.11. The zero-order chi connectivity index (χ0) is 25.5. The molecular formula is C26H31BrN4O4S. The van der Waals surface area contributed by atoms with Gasteiger partial charge in [0.25, 0.3) is 0 Å². The fraction of sp³-hybridized carbons (Fsp3) is 0.385. The van der Waals surface area contributed by atoms with Gasteiger partial charge in [-0.25, -0.2) is 23.1 Å². The van der Waals surface area contributed by atoms with Crippen LogP contribution in [0.3, 0.4) is 0 Å². The Morgan fingerprint density at radius 3 is 2.67 bits per heavy atom. The molecule has 1 aromatic heterocycles. The minimum absolute atomic E-state index is 0.244. The Hall–Kier alpha value is -2.53. The maximum atomic E-state index is 12.4. The quantitative estimate of drug-likeness (QED) is 0.391. The highest BCUT2D eigenvalue weighted by Crippen LogP contribution is 2.29. The monoisotopic (exact) mass is 574 g/mol. The molecule has 1 aliphatic heterocycles. The van der Waals surface area contributed by atoms with Crippen LogP contribution in [-0.2, 0) is 27.6 Å². The van der Waals surface area contributed by atoms with Crippen molar-refractivity contribution in [2.24, 2.45) is 0 Å². The fourth-order valence-corrected chi connectivity index (χ4v) is 5.55. The molecule has 192 valence electrons. The lowest BCUT2D eigenvalue weighted by Gasteiger charge is -2.29. The summed E-state index contributed by atoms with van der Waals surface area (Å²) in [5.74, 6) is 1.50. The van der Waals surface area contributed by atoms with Crippen LogP contribution < -0.4 is 14.4 Å². The maximum Gasteiger partial charge on any atom is 0.240 e. The van der Waals surface area contributed by atoms with E-state index in [9.17, 15) is 8.42 Å². The Morgan fingerprint density at radius 1 is 1.11 bits per heavy atom. The second kappa shape index (κ2) is 12.1. The van der Waals surface area contributed by atoms with Crippen molar-refractivity contribution in [2.45, 2.75) is 31.6 Å². The second-order valence-electron chi connectivity index (χ2n) is 8.41. The molecule has 10 heteroatoms. The van der Waals surface area contributed by atoms with Gasteiger partial charge < -0.3 is 14.4 Å². The molecule has 3 aromatic rings. The molecule has 0 aliphatic carbocycles. The molecule has 0 atom stereocenters. The number of hydrogen-bond donors (Lipinski definition) is 1. The van der Waals surface area contributed by atoms with Gasteiger partial charge in [-0.05, 0) is 46.6 Å². The van der Waals surface area contributed by atoms with Gasteiger partial charge in [0.1, 0.15) is 11.6 Å². The topological polar surface area (TPSA) is 93.7 Å². The molecule has 1 aliphatic rings. The molecule has 0 unspecified atom stereocenters. The molecule has 0 spiro atoms. The van der Waals surface area contributed by atoms with Crippen molar-refractivity contribution < 1.29 is 17.9 Å². The molecule has 4 rings (SSSR count). The number of benzene rings is 2. The smallest absolute Gasteiger partial charge is 0.240 e. The van der Waals surface area contributed by atoms with Gasteiger partial charge in [0.15, 0.2) is 0 Å². The molecule has 36 heavy (non-hydrogen) atoms. The summed E-state index contributed by atoms with van der Waals surface area (Å²) in [4.78, 5) is 11.9. The zero-order valence-electron chi connectivity index (χ0n) is 20.5. The van der Waals surface area contributed by atoms with E-state index in [2.05, 4.69) is 48.7 Å². The lowest BCUT2D eigenvalue weighted by atomic mass is 10.1. The Kier molecular flexibility index (Phi) is 8.95. The van der Waals surface area contributed by atoms with Gasteiger partial charge in [-0.3, -0.25) is 0 Å². The molecule has 8 nitrogen and oxygen atoms in total. The number of rotatable bonds is 10. The highest BCUT2D eigenvalue weighted by molar-refractivity contribution is 9.10. The summed E-state index contributed by atoms with van der Waals surface area (Å²) in [7, 11) is -3.52. The normalized spacial score (nSPS) is 14.1. The maximum absolute atomic E-state index is 12.4. The van der Waals surface area contributed by atoms with Crippen LogP contribution in [0.1, 0.15) is 36.5 Å². The predicted octanol–water partition coefficient (Wildman–Crippen LogP) is 3.95. The number of nitrogens with zero attached hydrogens (tertiary/aromatic N) is 3. The first-order valence-corrected chi connectivity index (χ1v) is 14.3. The molecular weight excluding hydrogens is 544 g/mol. The molecule has 0 radical (unpaired) electrons. The van der Waals surface area contributed by atoms with Crippen LogP contribution >= 0.6 is 15.9 Å². The summed E-state index contributed by atoms with van der Waals surface area (Å²) < 4.78 is 39.6. The number of halogens is 1. The number of sulfonamides is 1. The van der Waals surface area contributed by atoms with E-state index in [0.29, 0.717) is 31.8 Å². The third-order valence-electron chi connectivity index (χ3n) is 5.86. The largest absolute Gasteiger partial charge is 0.494 e. The summed E-state index contributed by atoms with van der Waals surface area (Å²) in [5, 5.41) is 0. The Balaban J connectivity index is 1.56. The van der Waals surface area contributed by atoms with E-state index < -0.39 is 10.0 Å². The van der Waals surface area contributed by atoms with E-state index in [1.165, 1.54) is 0 Å². The van der Waals surface area contributed by atoms with Crippen LogP contribution in [-0.4, -0.2) is 57.8 Å².